The van der Waals surface area contributed by atoms with E-state index in [1.807, 2.05) is 12.1 Å². The molecule has 3 rings (SSSR count). The third-order valence-corrected chi connectivity index (χ3v) is 3.74. The van der Waals surface area contributed by atoms with E-state index in [0.717, 1.165) is 18.2 Å². The van der Waals surface area contributed by atoms with Crippen LogP contribution >= 0.6 is 15.9 Å². The quantitative estimate of drug-likeness (QED) is 0.781. The van der Waals surface area contributed by atoms with Crippen molar-refractivity contribution in [3.63, 3.8) is 0 Å². The summed E-state index contributed by atoms with van der Waals surface area (Å²) < 4.78 is 32.8. The fourth-order valence-electron chi connectivity index (χ4n) is 1.96. The molecule has 1 fully saturated rings. The van der Waals surface area contributed by atoms with E-state index in [4.69, 9.17) is 4.74 Å². The van der Waals surface area contributed by atoms with E-state index in [9.17, 15) is 8.78 Å². The molecular weight excluding hydrogens is 340 g/mol. The normalized spacial score (nSPS) is 14.2. The van der Waals surface area contributed by atoms with E-state index in [2.05, 4.69) is 21.2 Å². The van der Waals surface area contributed by atoms with E-state index >= 15 is 0 Å². The summed E-state index contributed by atoms with van der Waals surface area (Å²) in [6, 6.07) is 10.5. The lowest BCUT2D eigenvalue weighted by Crippen LogP contribution is -2.14. The number of ether oxygens (including phenoxy) is 1. The summed E-state index contributed by atoms with van der Waals surface area (Å²) in [5.74, 6) is -1.59. The summed E-state index contributed by atoms with van der Waals surface area (Å²) in [6.07, 6.45) is 2.49. The summed E-state index contributed by atoms with van der Waals surface area (Å²) in [4.78, 5) is 0. The van der Waals surface area contributed by atoms with Gasteiger partial charge in [-0.1, -0.05) is 28.1 Å². The molecule has 0 radical (unpaired) electrons. The standard InChI is InChI=1S/C16H14BrF2NO/c17-11-7-14(18)16(19)15(8-11)21-13-5-1-10(2-6-13)9-20-12-3-4-12/h1-2,5-8,12,20H,3-4,9H2. The highest BCUT2D eigenvalue weighted by molar-refractivity contribution is 9.10. The summed E-state index contributed by atoms with van der Waals surface area (Å²) >= 11 is 3.12. The van der Waals surface area contributed by atoms with Crippen LogP contribution in [0, 0.1) is 11.6 Å². The van der Waals surface area contributed by atoms with Gasteiger partial charge >= 0.3 is 0 Å². The van der Waals surface area contributed by atoms with Gasteiger partial charge in [-0.15, -0.1) is 0 Å². The van der Waals surface area contributed by atoms with Gasteiger partial charge in [0.25, 0.3) is 0 Å². The summed E-state index contributed by atoms with van der Waals surface area (Å²) in [5.41, 5.74) is 1.13. The Bertz CT molecular complexity index is 641. The third-order valence-electron chi connectivity index (χ3n) is 3.28. The van der Waals surface area contributed by atoms with Crippen molar-refractivity contribution >= 4 is 15.9 Å². The number of hydrogen-bond acceptors (Lipinski definition) is 2. The Morgan fingerprint density at radius 3 is 2.52 bits per heavy atom. The minimum Gasteiger partial charge on any atom is -0.454 e. The summed E-state index contributed by atoms with van der Waals surface area (Å²) in [6.45, 7) is 0.810. The third kappa shape index (κ3) is 3.80. The molecule has 2 aromatic rings. The Balaban J connectivity index is 1.69. The molecule has 21 heavy (non-hydrogen) atoms. The maximum atomic E-state index is 13.6. The van der Waals surface area contributed by atoms with Gasteiger partial charge in [0, 0.05) is 17.1 Å². The molecule has 0 bridgehead atoms. The van der Waals surface area contributed by atoms with Gasteiger partial charge in [0.15, 0.2) is 11.6 Å². The van der Waals surface area contributed by atoms with E-state index in [1.54, 1.807) is 12.1 Å². The van der Waals surface area contributed by atoms with Crippen molar-refractivity contribution < 1.29 is 13.5 Å². The Kier molecular flexibility index (Phi) is 4.22. The van der Waals surface area contributed by atoms with Crippen LogP contribution < -0.4 is 10.1 Å². The highest BCUT2D eigenvalue weighted by Gasteiger charge is 2.19. The van der Waals surface area contributed by atoms with Crippen LogP contribution in [0.3, 0.4) is 0 Å². The predicted molar refractivity (Wildman–Crippen MR) is 80.4 cm³/mol. The average molecular weight is 354 g/mol. The molecule has 0 aliphatic heterocycles. The molecule has 5 heteroatoms. The van der Waals surface area contributed by atoms with Crippen molar-refractivity contribution in [2.45, 2.75) is 25.4 Å². The van der Waals surface area contributed by atoms with Gasteiger partial charge in [0.2, 0.25) is 5.82 Å². The second-order valence-electron chi connectivity index (χ2n) is 5.10. The molecule has 0 amide bonds. The van der Waals surface area contributed by atoms with Crippen LogP contribution in [0.1, 0.15) is 18.4 Å². The molecule has 1 aliphatic rings. The van der Waals surface area contributed by atoms with Crippen molar-refractivity contribution in [3.05, 3.63) is 58.1 Å². The molecule has 110 valence electrons. The van der Waals surface area contributed by atoms with Gasteiger partial charge in [0.05, 0.1) is 0 Å². The van der Waals surface area contributed by atoms with E-state index < -0.39 is 11.6 Å². The van der Waals surface area contributed by atoms with Gasteiger partial charge in [0.1, 0.15) is 5.75 Å². The number of nitrogens with one attached hydrogen (secondary N) is 1. The lowest BCUT2D eigenvalue weighted by Gasteiger charge is -2.09. The van der Waals surface area contributed by atoms with Gasteiger partial charge in [-0.25, -0.2) is 4.39 Å². The van der Waals surface area contributed by atoms with Crippen LogP contribution in [0.2, 0.25) is 0 Å². The van der Waals surface area contributed by atoms with E-state index in [1.165, 1.54) is 18.9 Å². The molecule has 1 aliphatic carbocycles. The van der Waals surface area contributed by atoms with Gasteiger partial charge in [-0.05, 0) is 42.7 Å². The van der Waals surface area contributed by atoms with Gasteiger partial charge < -0.3 is 10.1 Å². The monoisotopic (exact) mass is 353 g/mol. The van der Waals surface area contributed by atoms with Gasteiger partial charge in [-0.2, -0.15) is 4.39 Å². The zero-order valence-corrected chi connectivity index (χ0v) is 12.8. The Labute approximate surface area is 130 Å². The highest BCUT2D eigenvalue weighted by atomic mass is 79.9. The Morgan fingerprint density at radius 1 is 1.14 bits per heavy atom. The first-order valence-electron chi connectivity index (χ1n) is 6.76. The number of hydrogen-bond donors (Lipinski definition) is 1. The average Bonchev–Trinajstić information content (AvgIpc) is 3.28. The van der Waals surface area contributed by atoms with Gasteiger partial charge in [-0.3, -0.25) is 0 Å². The smallest absolute Gasteiger partial charge is 0.201 e. The Morgan fingerprint density at radius 2 is 1.86 bits per heavy atom. The minimum atomic E-state index is -0.988. The number of rotatable bonds is 5. The second kappa shape index (κ2) is 6.12. The van der Waals surface area contributed by atoms with Crippen LogP contribution in [0.5, 0.6) is 11.5 Å². The predicted octanol–water partition coefficient (Wildman–Crippen LogP) is 4.77. The molecule has 2 nitrogen and oxygen atoms in total. The SMILES string of the molecule is Fc1cc(Br)cc(Oc2ccc(CNC3CC3)cc2)c1F. The molecule has 1 saturated carbocycles. The van der Waals surface area contributed by atoms with Crippen molar-refractivity contribution in [1.29, 1.82) is 0 Å². The molecule has 2 aromatic carbocycles. The first-order chi connectivity index (χ1) is 10.1. The lowest BCUT2D eigenvalue weighted by molar-refractivity contribution is 0.415. The first kappa shape index (κ1) is 14.5. The number of benzene rings is 2. The summed E-state index contributed by atoms with van der Waals surface area (Å²) in [5, 5.41) is 3.41. The largest absolute Gasteiger partial charge is 0.454 e. The Hall–Kier alpha value is -1.46. The maximum Gasteiger partial charge on any atom is 0.201 e. The molecule has 0 spiro atoms. The molecule has 1 N–H and O–H groups in total. The van der Waals surface area contributed by atoms with Crippen LogP contribution in [0.25, 0.3) is 0 Å². The van der Waals surface area contributed by atoms with Crippen molar-refractivity contribution in [2.75, 3.05) is 0 Å². The molecule has 0 atom stereocenters. The molecule has 0 heterocycles. The van der Waals surface area contributed by atoms with E-state index in [-0.39, 0.29) is 5.75 Å². The van der Waals surface area contributed by atoms with Crippen LogP contribution in [-0.4, -0.2) is 6.04 Å². The van der Waals surface area contributed by atoms with Crippen molar-refractivity contribution in [3.8, 4) is 11.5 Å². The van der Waals surface area contributed by atoms with Crippen molar-refractivity contribution in [1.82, 2.24) is 5.32 Å². The molecule has 0 saturated heterocycles. The lowest BCUT2D eigenvalue weighted by atomic mass is 10.2. The molecular formula is C16H14BrF2NO. The number of halogens is 3. The molecule has 0 aromatic heterocycles. The van der Waals surface area contributed by atoms with Crippen LogP contribution in [0.4, 0.5) is 8.78 Å². The van der Waals surface area contributed by atoms with Crippen LogP contribution in [-0.2, 0) is 6.54 Å². The fraction of sp³-hybridized carbons (Fsp3) is 0.250. The highest BCUT2D eigenvalue weighted by Crippen LogP contribution is 2.29. The van der Waals surface area contributed by atoms with Crippen LogP contribution in [0.15, 0.2) is 40.9 Å². The summed E-state index contributed by atoms with van der Waals surface area (Å²) in [7, 11) is 0. The zero-order chi connectivity index (χ0) is 14.8. The first-order valence-corrected chi connectivity index (χ1v) is 7.56. The van der Waals surface area contributed by atoms with Crippen molar-refractivity contribution in [2.24, 2.45) is 0 Å². The second-order valence-corrected chi connectivity index (χ2v) is 6.02. The maximum absolute atomic E-state index is 13.6. The molecule has 0 unspecified atom stereocenters. The topological polar surface area (TPSA) is 21.3 Å². The fourth-order valence-corrected chi connectivity index (χ4v) is 2.37. The van der Waals surface area contributed by atoms with E-state index in [0.29, 0.717) is 16.3 Å². The minimum absolute atomic E-state index is 0.134. The zero-order valence-electron chi connectivity index (χ0n) is 11.2.